The second-order valence-electron chi connectivity index (χ2n) is 4.21. The molecule has 0 aliphatic rings. The zero-order valence-electron chi connectivity index (χ0n) is 10.4. The molecule has 1 aromatic rings. The summed E-state index contributed by atoms with van der Waals surface area (Å²) in [5.74, 6) is -0.335. The molecule has 1 heterocycles. The van der Waals surface area contributed by atoms with Crippen LogP contribution in [0.4, 0.5) is 0 Å². The van der Waals surface area contributed by atoms with Gasteiger partial charge in [-0.2, -0.15) is 5.10 Å². The number of aromatic nitrogens is 2. The van der Waals surface area contributed by atoms with Crippen molar-refractivity contribution in [3.8, 4) is 0 Å². The van der Waals surface area contributed by atoms with Crippen molar-refractivity contribution in [3.63, 3.8) is 0 Å². The molecule has 0 fully saturated rings. The molecule has 0 unspecified atom stereocenters. The van der Waals surface area contributed by atoms with Gasteiger partial charge in [-0.3, -0.25) is 9.89 Å². The number of nitrogens with zero attached hydrogens (tertiary/aromatic N) is 1. The zero-order chi connectivity index (χ0) is 13.1. The average molecular weight is 241 g/mol. The first-order chi connectivity index (χ1) is 7.99. The fraction of sp³-hybridized carbons (Fsp3) is 0.636. The van der Waals surface area contributed by atoms with Gasteiger partial charge in [0.1, 0.15) is 0 Å². The minimum Gasteiger partial charge on any atom is -0.394 e. The van der Waals surface area contributed by atoms with Crippen LogP contribution in [0, 0.1) is 13.8 Å². The summed E-state index contributed by atoms with van der Waals surface area (Å²) in [7, 11) is 0. The summed E-state index contributed by atoms with van der Waals surface area (Å²) >= 11 is 0. The van der Waals surface area contributed by atoms with E-state index in [2.05, 4.69) is 15.5 Å². The van der Waals surface area contributed by atoms with Crippen LogP contribution in [0.3, 0.4) is 0 Å². The number of H-pyrrole nitrogens is 1. The summed E-state index contributed by atoms with van der Waals surface area (Å²) in [5, 5.41) is 27.8. The summed E-state index contributed by atoms with van der Waals surface area (Å²) < 4.78 is 0. The van der Waals surface area contributed by atoms with E-state index in [1.54, 1.807) is 20.8 Å². The first kappa shape index (κ1) is 13.7. The Morgan fingerprint density at radius 1 is 1.41 bits per heavy atom. The van der Waals surface area contributed by atoms with Crippen molar-refractivity contribution in [3.05, 3.63) is 17.0 Å². The van der Waals surface area contributed by atoms with Gasteiger partial charge in [0.15, 0.2) is 0 Å². The first-order valence-corrected chi connectivity index (χ1v) is 5.55. The van der Waals surface area contributed by atoms with E-state index < -0.39 is 5.54 Å². The third-order valence-corrected chi connectivity index (χ3v) is 3.02. The van der Waals surface area contributed by atoms with E-state index in [0.29, 0.717) is 23.4 Å². The molecule has 0 spiro atoms. The molecular weight excluding hydrogens is 222 g/mol. The van der Waals surface area contributed by atoms with Gasteiger partial charge in [-0.05, 0) is 20.3 Å². The van der Waals surface area contributed by atoms with E-state index in [-0.39, 0.29) is 19.1 Å². The molecule has 0 atom stereocenters. The molecule has 17 heavy (non-hydrogen) atoms. The van der Waals surface area contributed by atoms with E-state index in [4.69, 9.17) is 0 Å². The number of carbonyl (C=O) groups is 1. The van der Waals surface area contributed by atoms with Crippen molar-refractivity contribution < 1.29 is 15.0 Å². The van der Waals surface area contributed by atoms with E-state index in [0.717, 1.165) is 0 Å². The largest absolute Gasteiger partial charge is 0.394 e. The van der Waals surface area contributed by atoms with Crippen LogP contribution in [-0.2, 0) is 0 Å². The molecule has 4 N–H and O–H groups in total. The predicted molar refractivity (Wildman–Crippen MR) is 62.7 cm³/mol. The van der Waals surface area contributed by atoms with E-state index >= 15 is 0 Å². The smallest absolute Gasteiger partial charge is 0.255 e. The molecular formula is C11H19N3O3. The van der Waals surface area contributed by atoms with Gasteiger partial charge in [0, 0.05) is 5.69 Å². The topological polar surface area (TPSA) is 98.2 Å². The maximum atomic E-state index is 12.0. The van der Waals surface area contributed by atoms with Gasteiger partial charge >= 0.3 is 0 Å². The molecule has 0 aromatic carbocycles. The Labute approximate surface area is 100 Å². The Balaban J connectivity index is 2.92. The van der Waals surface area contributed by atoms with Crippen LogP contribution in [0.5, 0.6) is 0 Å². The lowest BCUT2D eigenvalue weighted by Gasteiger charge is -2.29. The number of nitrogens with one attached hydrogen (secondary N) is 2. The van der Waals surface area contributed by atoms with Crippen LogP contribution >= 0.6 is 0 Å². The first-order valence-electron chi connectivity index (χ1n) is 5.55. The van der Waals surface area contributed by atoms with Crippen LogP contribution in [-0.4, -0.2) is 45.1 Å². The molecule has 0 saturated heterocycles. The number of aryl methyl sites for hydroxylation is 2. The quantitative estimate of drug-likeness (QED) is 0.578. The summed E-state index contributed by atoms with van der Waals surface area (Å²) in [6.07, 6.45) is 0.446. The number of aromatic amines is 1. The van der Waals surface area contributed by atoms with E-state index in [1.807, 2.05) is 0 Å². The number of hydrogen-bond acceptors (Lipinski definition) is 4. The fourth-order valence-corrected chi connectivity index (χ4v) is 1.63. The maximum Gasteiger partial charge on any atom is 0.255 e. The van der Waals surface area contributed by atoms with Gasteiger partial charge in [0.25, 0.3) is 5.91 Å². The van der Waals surface area contributed by atoms with Gasteiger partial charge in [0.2, 0.25) is 0 Å². The lowest BCUT2D eigenvalue weighted by atomic mass is 9.97. The summed E-state index contributed by atoms with van der Waals surface area (Å²) in [4.78, 5) is 12.0. The average Bonchev–Trinajstić information content (AvgIpc) is 2.66. The Bertz CT molecular complexity index is 369. The molecule has 6 heteroatoms. The number of rotatable bonds is 5. The second kappa shape index (κ2) is 5.29. The molecule has 0 aliphatic carbocycles. The van der Waals surface area contributed by atoms with Crippen LogP contribution in [0.1, 0.15) is 35.1 Å². The number of hydrogen-bond donors (Lipinski definition) is 4. The van der Waals surface area contributed by atoms with Gasteiger partial charge in [-0.15, -0.1) is 0 Å². The van der Waals surface area contributed by atoms with Gasteiger partial charge in [-0.25, -0.2) is 0 Å². The Hall–Kier alpha value is -1.40. The second-order valence-corrected chi connectivity index (χ2v) is 4.21. The minimum atomic E-state index is -0.979. The molecule has 1 aromatic heterocycles. The van der Waals surface area contributed by atoms with Crippen molar-refractivity contribution in [1.82, 2.24) is 15.5 Å². The lowest BCUT2D eigenvalue weighted by Crippen LogP contribution is -2.54. The van der Waals surface area contributed by atoms with Crippen LogP contribution < -0.4 is 5.32 Å². The summed E-state index contributed by atoms with van der Waals surface area (Å²) in [6, 6.07) is 0. The fourth-order valence-electron chi connectivity index (χ4n) is 1.63. The number of aliphatic hydroxyl groups excluding tert-OH is 2. The Kier molecular flexibility index (Phi) is 4.25. The highest BCUT2D eigenvalue weighted by molar-refractivity contribution is 5.96. The molecule has 0 aliphatic heterocycles. The third kappa shape index (κ3) is 2.65. The van der Waals surface area contributed by atoms with Crippen molar-refractivity contribution in [2.24, 2.45) is 0 Å². The molecule has 1 rings (SSSR count). The van der Waals surface area contributed by atoms with Crippen molar-refractivity contribution in [1.29, 1.82) is 0 Å². The van der Waals surface area contributed by atoms with E-state index in [1.165, 1.54) is 0 Å². The molecule has 6 nitrogen and oxygen atoms in total. The maximum absolute atomic E-state index is 12.0. The monoisotopic (exact) mass is 241 g/mol. The van der Waals surface area contributed by atoms with Crippen molar-refractivity contribution in [2.75, 3.05) is 13.2 Å². The predicted octanol–water partition coefficient (Wildman–Crippen LogP) is -0.110. The van der Waals surface area contributed by atoms with Gasteiger partial charge < -0.3 is 15.5 Å². The van der Waals surface area contributed by atoms with Crippen molar-refractivity contribution >= 4 is 5.91 Å². The number of aliphatic hydroxyl groups is 2. The SMILES string of the molecule is CCC(CO)(CO)NC(=O)c1c(C)n[nH]c1C. The standard InChI is InChI=1S/C11H19N3O3/c1-4-11(5-15,6-16)12-10(17)9-7(2)13-14-8(9)3/h15-16H,4-6H2,1-3H3,(H,12,17)(H,13,14). The zero-order valence-corrected chi connectivity index (χ0v) is 10.4. The normalized spacial score (nSPS) is 11.6. The lowest BCUT2D eigenvalue weighted by molar-refractivity contribution is 0.0652. The summed E-state index contributed by atoms with van der Waals surface area (Å²) in [5.41, 5.74) is 0.749. The highest BCUT2D eigenvalue weighted by Gasteiger charge is 2.30. The van der Waals surface area contributed by atoms with E-state index in [9.17, 15) is 15.0 Å². The van der Waals surface area contributed by atoms with Crippen LogP contribution in [0.15, 0.2) is 0 Å². The van der Waals surface area contributed by atoms with Gasteiger partial charge in [-0.1, -0.05) is 6.92 Å². The molecule has 1 amide bonds. The highest BCUT2D eigenvalue weighted by atomic mass is 16.3. The number of amides is 1. The van der Waals surface area contributed by atoms with Crippen LogP contribution in [0.25, 0.3) is 0 Å². The number of carbonyl (C=O) groups excluding carboxylic acids is 1. The van der Waals surface area contributed by atoms with Gasteiger partial charge in [0.05, 0.1) is 30.0 Å². The molecule has 0 radical (unpaired) electrons. The highest BCUT2D eigenvalue weighted by Crippen LogP contribution is 2.13. The molecule has 0 bridgehead atoms. The summed E-state index contributed by atoms with van der Waals surface area (Å²) in [6.45, 7) is 4.66. The van der Waals surface area contributed by atoms with Crippen molar-refractivity contribution in [2.45, 2.75) is 32.7 Å². The van der Waals surface area contributed by atoms with Crippen LogP contribution in [0.2, 0.25) is 0 Å². The Morgan fingerprint density at radius 3 is 2.35 bits per heavy atom. The third-order valence-electron chi connectivity index (χ3n) is 3.02. The molecule has 96 valence electrons. The molecule has 0 saturated carbocycles. The minimum absolute atomic E-state index is 0.304. The Morgan fingerprint density at radius 2 is 2.00 bits per heavy atom.